The molecule has 1 aromatic carbocycles. The highest BCUT2D eigenvalue weighted by atomic mass is 19.1. The predicted molar refractivity (Wildman–Crippen MR) is 80.0 cm³/mol. The summed E-state index contributed by atoms with van der Waals surface area (Å²) < 4.78 is 26.6. The number of nitrogens with one attached hydrogen (secondary N) is 1. The van der Waals surface area contributed by atoms with Gasteiger partial charge in [0.25, 0.3) is 0 Å². The molecule has 0 unspecified atom stereocenters. The van der Waals surface area contributed by atoms with E-state index in [1.807, 2.05) is 13.8 Å². The molecule has 0 aliphatic carbocycles. The molecule has 0 bridgehead atoms. The standard InChI is InChI=1S/C15H18F2N4/c1-4-21(5-2)15-9-14(18-10(3)19-15)20-13-7-6-11(16)8-12(13)17/h6-9H,4-5H2,1-3H3,(H,18,19,20). The Hall–Kier alpha value is -2.24. The first-order valence-corrected chi connectivity index (χ1v) is 6.86. The van der Waals surface area contributed by atoms with Crippen molar-refractivity contribution in [1.82, 2.24) is 9.97 Å². The number of hydrogen-bond acceptors (Lipinski definition) is 4. The number of nitrogens with zero attached hydrogens (tertiary/aromatic N) is 3. The molecule has 1 heterocycles. The number of rotatable bonds is 5. The molecule has 1 aromatic heterocycles. The summed E-state index contributed by atoms with van der Waals surface area (Å²) >= 11 is 0. The Balaban J connectivity index is 2.31. The fraction of sp³-hybridized carbons (Fsp3) is 0.333. The van der Waals surface area contributed by atoms with Crippen molar-refractivity contribution in [2.24, 2.45) is 0 Å². The zero-order valence-corrected chi connectivity index (χ0v) is 12.3. The number of aromatic nitrogens is 2. The van der Waals surface area contributed by atoms with Crippen molar-refractivity contribution in [2.75, 3.05) is 23.3 Å². The van der Waals surface area contributed by atoms with Crippen molar-refractivity contribution in [3.05, 3.63) is 41.7 Å². The largest absolute Gasteiger partial charge is 0.357 e. The van der Waals surface area contributed by atoms with E-state index in [9.17, 15) is 8.78 Å². The molecule has 0 aliphatic heterocycles. The van der Waals surface area contributed by atoms with Gasteiger partial charge in [0.05, 0.1) is 5.69 Å². The lowest BCUT2D eigenvalue weighted by Crippen LogP contribution is -2.23. The SMILES string of the molecule is CCN(CC)c1cc(Nc2ccc(F)cc2F)nc(C)n1. The third kappa shape index (κ3) is 3.65. The number of hydrogen-bond donors (Lipinski definition) is 1. The summed E-state index contributed by atoms with van der Waals surface area (Å²) in [6.07, 6.45) is 0. The molecule has 0 atom stereocenters. The van der Waals surface area contributed by atoms with Crippen LogP contribution in [0.1, 0.15) is 19.7 Å². The maximum absolute atomic E-state index is 13.7. The van der Waals surface area contributed by atoms with Gasteiger partial charge in [0.1, 0.15) is 29.1 Å². The van der Waals surface area contributed by atoms with Gasteiger partial charge >= 0.3 is 0 Å². The molecule has 0 fully saturated rings. The molecule has 4 nitrogen and oxygen atoms in total. The van der Waals surface area contributed by atoms with Crippen LogP contribution >= 0.6 is 0 Å². The van der Waals surface area contributed by atoms with Crippen molar-refractivity contribution < 1.29 is 8.78 Å². The predicted octanol–water partition coefficient (Wildman–Crippen LogP) is 3.65. The second kappa shape index (κ2) is 6.47. The van der Waals surface area contributed by atoms with Crippen LogP contribution in [0.2, 0.25) is 0 Å². The van der Waals surface area contributed by atoms with Crippen LogP contribution < -0.4 is 10.2 Å². The normalized spacial score (nSPS) is 10.5. The van der Waals surface area contributed by atoms with E-state index in [-0.39, 0.29) is 5.69 Å². The van der Waals surface area contributed by atoms with E-state index in [1.54, 1.807) is 13.0 Å². The first-order valence-electron chi connectivity index (χ1n) is 6.86. The summed E-state index contributed by atoms with van der Waals surface area (Å²) in [7, 11) is 0. The van der Waals surface area contributed by atoms with Crippen molar-refractivity contribution in [2.45, 2.75) is 20.8 Å². The molecule has 2 aromatic rings. The van der Waals surface area contributed by atoms with E-state index >= 15 is 0 Å². The first-order chi connectivity index (χ1) is 10.0. The van der Waals surface area contributed by atoms with Crippen LogP contribution in [-0.4, -0.2) is 23.1 Å². The number of anilines is 3. The average molecular weight is 292 g/mol. The van der Waals surface area contributed by atoms with Crippen molar-refractivity contribution >= 4 is 17.3 Å². The lowest BCUT2D eigenvalue weighted by atomic mass is 10.3. The molecular formula is C15H18F2N4. The second-order valence-corrected chi connectivity index (χ2v) is 4.58. The van der Waals surface area contributed by atoms with Crippen LogP contribution in [0.25, 0.3) is 0 Å². The number of benzene rings is 1. The molecule has 1 N–H and O–H groups in total. The minimum Gasteiger partial charge on any atom is -0.357 e. The zero-order valence-electron chi connectivity index (χ0n) is 12.3. The topological polar surface area (TPSA) is 41.0 Å². The monoisotopic (exact) mass is 292 g/mol. The number of halogens is 2. The van der Waals surface area contributed by atoms with E-state index in [2.05, 4.69) is 20.2 Å². The third-order valence-electron chi connectivity index (χ3n) is 3.11. The van der Waals surface area contributed by atoms with Crippen LogP contribution in [0, 0.1) is 18.6 Å². The van der Waals surface area contributed by atoms with Gasteiger partial charge < -0.3 is 10.2 Å². The van der Waals surface area contributed by atoms with Gasteiger partial charge in [-0.3, -0.25) is 0 Å². The van der Waals surface area contributed by atoms with Crippen LogP contribution in [0.4, 0.5) is 26.1 Å². The molecule has 21 heavy (non-hydrogen) atoms. The molecule has 112 valence electrons. The summed E-state index contributed by atoms with van der Waals surface area (Å²) in [6.45, 7) is 7.48. The lowest BCUT2D eigenvalue weighted by molar-refractivity contribution is 0.586. The van der Waals surface area contributed by atoms with Gasteiger partial charge in [0, 0.05) is 25.2 Å². The van der Waals surface area contributed by atoms with Gasteiger partial charge in [-0.05, 0) is 32.9 Å². The van der Waals surface area contributed by atoms with Gasteiger partial charge in [-0.2, -0.15) is 0 Å². The minimum atomic E-state index is -0.657. The van der Waals surface area contributed by atoms with Crippen LogP contribution in [0.3, 0.4) is 0 Å². The Kier molecular flexibility index (Phi) is 4.67. The second-order valence-electron chi connectivity index (χ2n) is 4.58. The maximum atomic E-state index is 13.7. The molecule has 2 rings (SSSR count). The zero-order chi connectivity index (χ0) is 15.4. The first kappa shape index (κ1) is 15.2. The molecular weight excluding hydrogens is 274 g/mol. The highest BCUT2D eigenvalue weighted by Gasteiger charge is 2.09. The van der Waals surface area contributed by atoms with E-state index < -0.39 is 11.6 Å². The Bertz CT molecular complexity index is 627. The Morgan fingerprint density at radius 3 is 2.43 bits per heavy atom. The quantitative estimate of drug-likeness (QED) is 0.913. The maximum Gasteiger partial charge on any atom is 0.149 e. The molecule has 0 radical (unpaired) electrons. The van der Waals surface area contributed by atoms with Gasteiger partial charge in [0.2, 0.25) is 0 Å². The van der Waals surface area contributed by atoms with E-state index in [0.29, 0.717) is 11.6 Å². The summed E-state index contributed by atoms with van der Waals surface area (Å²) in [5.74, 6) is 0.577. The van der Waals surface area contributed by atoms with Gasteiger partial charge in [-0.1, -0.05) is 0 Å². The molecule has 0 saturated heterocycles. The Labute approximate surface area is 122 Å². The fourth-order valence-corrected chi connectivity index (χ4v) is 2.05. The van der Waals surface area contributed by atoms with Crippen LogP contribution in [0.5, 0.6) is 0 Å². The number of aryl methyl sites for hydroxylation is 1. The van der Waals surface area contributed by atoms with Gasteiger partial charge in [-0.25, -0.2) is 18.7 Å². The Morgan fingerprint density at radius 1 is 1.10 bits per heavy atom. The third-order valence-corrected chi connectivity index (χ3v) is 3.11. The fourth-order valence-electron chi connectivity index (χ4n) is 2.05. The summed E-state index contributed by atoms with van der Waals surface area (Å²) in [5, 5.41) is 2.86. The average Bonchev–Trinajstić information content (AvgIpc) is 2.43. The van der Waals surface area contributed by atoms with E-state index in [4.69, 9.17) is 0 Å². The van der Waals surface area contributed by atoms with Crippen LogP contribution in [-0.2, 0) is 0 Å². The lowest BCUT2D eigenvalue weighted by Gasteiger charge is -2.20. The van der Waals surface area contributed by atoms with Crippen molar-refractivity contribution in [3.8, 4) is 0 Å². The van der Waals surface area contributed by atoms with Crippen molar-refractivity contribution in [3.63, 3.8) is 0 Å². The summed E-state index contributed by atoms with van der Waals surface area (Å²) in [5.41, 5.74) is 0.181. The highest BCUT2D eigenvalue weighted by Crippen LogP contribution is 2.22. The molecule has 0 spiro atoms. The van der Waals surface area contributed by atoms with E-state index in [1.165, 1.54) is 12.1 Å². The summed E-state index contributed by atoms with van der Waals surface area (Å²) in [6, 6.07) is 5.13. The van der Waals surface area contributed by atoms with Gasteiger partial charge in [0.15, 0.2) is 0 Å². The smallest absolute Gasteiger partial charge is 0.149 e. The van der Waals surface area contributed by atoms with Gasteiger partial charge in [-0.15, -0.1) is 0 Å². The van der Waals surface area contributed by atoms with Crippen LogP contribution in [0.15, 0.2) is 24.3 Å². The molecule has 0 aliphatic rings. The highest BCUT2D eigenvalue weighted by molar-refractivity contribution is 5.60. The van der Waals surface area contributed by atoms with E-state index in [0.717, 1.165) is 25.0 Å². The molecule has 0 amide bonds. The summed E-state index contributed by atoms with van der Waals surface area (Å²) in [4.78, 5) is 10.7. The molecule has 6 heteroatoms. The minimum absolute atomic E-state index is 0.181. The molecule has 0 saturated carbocycles. The Morgan fingerprint density at radius 2 is 1.81 bits per heavy atom. The van der Waals surface area contributed by atoms with Crippen molar-refractivity contribution in [1.29, 1.82) is 0 Å².